The van der Waals surface area contributed by atoms with Crippen LogP contribution in [0.3, 0.4) is 0 Å². The molecule has 0 unspecified atom stereocenters. The van der Waals surface area contributed by atoms with Crippen LogP contribution in [-0.2, 0) is 23.3 Å². The number of hydrogen-bond acceptors (Lipinski definition) is 12. The van der Waals surface area contributed by atoms with E-state index < -0.39 is 80.7 Å². The molecule has 2 rings (SSSR count). The van der Waals surface area contributed by atoms with Gasteiger partial charge < -0.3 is 54.6 Å². The summed E-state index contributed by atoms with van der Waals surface area (Å²) in [5.41, 5.74) is -1.22. The van der Waals surface area contributed by atoms with Gasteiger partial charge in [0, 0.05) is 7.11 Å². The fraction of sp³-hybridized carbons (Fsp3) is 1.00. The third-order valence-corrected chi connectivity index (χ3v) is 6.34. The van der Waals surface area contributed by atoms with E-state index in [9.17, 15) is 35.2 Å². The lowest BCUT2D eigenvalue weighted by Crippen LogP contribution is -2.62. The van der Waals surface area contributed by atoms with Crippen molar-refractivity contribution < 1.29 is 63.7 Å². The van der Waals surface area contributed by atoms with Crippen LogP contribution in [0.5, 0.6) is 0 Å². The van der Waals surface area contributed by atoms with Crippen molar-refractivity contribution in [2.75, 3.05) is 20.3 Å². The van der Waals surface area contributed by atoms with Gasteiger partial charge in [-0.25, -0.2) is 4.57 Å². The lowest BCUT2D eigenvalue weighted by molar-refractivity contribution is -0.309. The number of thioether (sulfide) groups is 1. The maximum atomic E-state index is 10.8. The summed E-state index contributed by atoms with van der Waals surface area (Å²) < 4.78 is 31.0. The standard InChI is InChI=1S/C13H25O13PS/c1-23-12-11(9(18)6(15)4(25-12)3-24-27(20,21)22)26-13-10(19)8(17)7(16)5(2-14)28-13/h4-19H,2-3H2,1H3,(H2,20,21,22)/t4-,5-,6-,7-,8+,9+,10+,11+,12+,13+/m1/s1. The zero-order chi connectivity index (χ0) is 21.2. The second kappa shape index (κ2) is 9.94. The van der Waals surface area contributed by atoms with Crippen LogP contribution in [0.25, 0.3) is 0 Å². The molecule has 15 heteroatoms. The third-order valence-electron chi connectivity index (χ3n) is 4.42. The summed E-state index contributed by atoms with van der Waals surface area (Å²) in [4.78, 5) is 17.5. The van der Waals surface area contributed by atoms with Gasteiger partial charge >= 0.3 is 7.82 Å². The normalized spacial score (nSPS) is 45.2. The predicted octanol–water partition coefficient (Wildman–Crippen LogP) is -3.91. The Hall–Kier alpha value is 0.1000. The summed E-state index contributed by atoms with van der Waals surface area (Å²) in [6.45, 7) is -1.26. The van der Waals surface area contributed by atoms with Crippen LogP contribution in [0.2, 0.25) is 0 Å². The molecule has 2 heterocycles. The highest BCUT2D eigenvalue weighted by Gasteiger charge is 2.50. The molecule has 0 aliphatic carbocycles. The molecule has 0 amide bonds. The molecule has 0 radical (unpaired) electrons. The van der Waals surface area contributed by atoms with Crippen molar-refractivity contribution in [3.63, 3.8) is 0 Å². The molecule has 166 valence electrons. The summed E-state index contributed by atoms with van der Waals surface area (Å²) >= 11 is 0.812. The Kier molecular flexibility index (Phi) is 8.65. The number of aliphatic hydroxyl groups is 6. The molecule has 13 nitrogen and oxygen atoms in total. The molecule has 0 spiro atoms. The van der Waals surface area contributed by atoms with E-state index in [0.717, 1.165) is 11.8 Å². The van der Waals surface area contributed by atoms with Gasteiger partial charge in [0.25, 0.3) is 0 Å². The molecular weight excluding hydrogens is 427 g/mol. The third kappa shape index (κ3) is 5.62. The van der Waals surface area contributed by atoms with Gasteiger partial charge in [0.05, 0.1) is 24.6 Å². The summed E-state index contributed by atoms with van der Waals surface area (Å²) in [6.07, 6.45) is -12.0. The van der Waals surface area contributed by atoms with Crippen LogP contribution >= 0.6 is 19.6 Å². The lowest BCUT2D eigenvalue weighted by Gasteiger charge is -2.45. The molecule has 28 heavy (non-hydrogen) atoms. The average molecular weight is 452 g/mol. The quantitative estimate of drug-likeness (QED) is 0.173. The van der Waals surface area contributed by atoms with Crippen molar-refractivity contribution in [2.24, 2.45) is 0 Å². The van der Waals surface area contributed by atoms with E-state index in [4.69, 9.17) is 24.0 Å². The number of ether oxygens (including phenoxy) is 3. The smallest absolute Gasteiger partial charge is 0.395 e. The zero-order valence-electron chi connectivity index (χ0n) is 14.7. The minimum atomic E-state index is -4.84. The number of aliphatic hydroxyl groups excluding tert-OH is 6. The van der Waals surface area contributed by atoms with Gasteiger partial charge in [-0.1, -0.05) is 0 Å². The first-order valence-electron chi connectivity index (χ1n) is 8.20. The maximum absolute atomic E-state index is 10.8. The SMILES string of the molecule is CO[C@H]1O[C@H](COP(=O)(O)O)[C@@H](O)[C@H](O)[C@@H]1O[C@H]1S[C@H](CO)[C@@H](O)[C@H](O)[C@@H]1O. The van der Waals surface area contributed by atoms with Gasteiger partial charge in [-0.2, -0.15) is 0 Å². The second-order valence-corrected chi connectivity index (χ2v) is 8.93. The Morgan fingerprint density at radius 1 is 1.00 bits per heavy atom. The van der Waals surface area contributed by atoms with Gasteiger partial charge in [-0.05, 0) is 0 Å². The Morgan fingerprint density at radius 2 is 1.64 bits per heavy atom. The average Bonchev–Trinajstić information content (AvgIpc) is 2.64. The Morgan fingerprint density at radius 3 is 2.18 bits per heavy atom. The second-order valence-electron chi connectivity index (χ2n) is 6.34. The minimum Gasteiger partial charge on any atom is -0.395 e. The minimum absolute atomic E-state index is 0.517. The number of phosphoric ester groups is 1. The van der Waals surface area contributed by atoms with E-state index in [0.29, 0.717) is 0 Å². The van der Waals surface area contributed by atoms with Crippen LogP contribution < -0.4 is 0 Å². The highest BCUT2D eigenvalue weighted by Crippen LogP contribution is 2.39. The fourth-order valence-corrected chi connectivity index (χ4v) is 4.49. The van der Waals surface area contributed by atoms with Crippen LogP contribution in [0.15, 0.2) is 0 Å². The van der Waals surface area contributed by atoms with Crippen molar-refractivity contribution in [3.8, 4) is 0 Å². The molecule has 8 N–H and O–H groups in total. The zero-order valence-corrected chi connectivity index (χ0v) is 16.4. The molecule has 2 aliphatic heterocycles. The summed E-state index contributed by atoms with van der Waals surface area (Å²) in [6, 6.07) is 0. The molecule has 10 atom stereocenters. The number of rotatable bonds is 7. The topological polar surface area (TPSA) is 216 Å². The van der Waals surface area contributed by atoms with Crippen molar-refractivity contribution in [1.29, 1.82) is 0 Å². The Balaban J connectivity index is 2.09. The molecule has 0 aromatic heterocycles. The first-order chi connectivity index (χ1) is 13.0. The van der Waals surface area contributed by atoms with Crippen LogP contribution in [-0.4, -0.2) is 120 Å². The van der Waals surface area contributed by atoms with Gasteiger partial charge in [-0.3, -0.25) is 4.52 Å². The number of hydrogen-bond donors (Lipinski definition) is 8. The molecule has 0 aromatic rings. The molecular formula is C13H25O13PS. The van der Waals surface area contributed by atoms with Gasteiger partial charge in [0.1, 0.15) is 42.1 Å². The van der Waals surface area contributed by atoms with Crippen molar-refractivity contribution in [1.82, 2.24) is 0 Å². The summed E-state index contributed by atoms with van der Waals surface area (Å²) in [5, 5.41) is 58.8. The van der Waals surface area contributed by atoms with Crippen molar-refractivity contribution >= 4 is 19.6 Å². The summed E-state index contributed by atoms with van der Waals surface area (Å²) in [5.74, 6) is 0. The van der Waals surface area contributed by atoms with E-state index in [1.165, 1.54) is 7.11 Å². The molecule has 0 saturated carbocycles. The first-order valence-corrected chi connectivity index (χ1v) is 10.7. The van der Waals surface area contributed by atoms with Gasteiger partial charge in [0.15, 0.2) is 6.29 Å². The molecule has 2 saturated heterocycles. The van der Waals surface area contributed by atoms with Crippen LogP contribution in [0.1, 0.15) is 0 Å². The predicted molar refractivity (Wildman–Crippen MR) is 90.8 cm³/mol. The Labute approximate surface area is 164 Å². The van der Waals surface area contributed by atoms with E-state index >= 15 is 0 Å². The molecule has 2 aliphatic rings. The number of phosphoric acid groups is 1. The van der Waals surface area contributed by atoms with E-state index in [1.54, 1.807) is 0 Å². The van der Waals surface area contributed by atoms with Crippen molar-refractivity contribution in [2.45, 2.75) is 59.7 Å². The van der Waals surface area contributed by atoms with E-state index in [2.05, 4.69) is 4.52 Å². The van der Waals surface area contributed by atoms with Crippen LogP contribution in [0, 0.1) is 0 Å². The van der Waals surface area contributed by atoms with Gasteiger partial charge in [0.2, 0.25) is 0 Å². The lowest BCUT2D eigenvalue weighted by atomic mass is 9.99. The van der Waals surface area contributed by atoms with Crippen molar-refractivity contribution in [3.05, 3.63) is 0 Å². The molecule has 2 fully saturated rings. The fourth-order valence-electron chi connectivity index (χ4n) is 2.88. The monoisotopic (exact) mass is 452 g/mol. The van der Waals surface area contributed by atoms with E-state index in [1.807, 2.05) is 0 Å². The highest BCUT2D eigenvalue weighted by atomic mass is 32.2. The summed E-state index contributed by atoms with van der Waals surface area (Å²) in [7, 11) is -3.65. The van der Waals surface area contributed by atoms with Crippen LogP contribution in [0.4, 0.5) is 0 Å². The first kappa shape index (κ1) is 24.4. The number of methoxy groups -OCH3 is 1. The largest absolute Gasteiger partial charge is 0.469 e. The Bertz CT molecular complexity index is 545. The maximum Gasteiger partial charge on any atom is 0.469 e. The highest BCUT2D eigenvalue weighted by molar-refractivity contribution is 8.00. The molecule has 0 aromatic carbocycles. The molecule has 0 bridgehead atoms. The van der Waals surface area contributed by atoms with Gasteiger partial charge in [-0.15, -0.1) is 11.8 Å². The van der Waals surface area contributed by atoms with E-state index in [-0.39, 0.29) is 0 Å².